The number of aliphatic imine (C=N–C) groups is 1. The number of phenols is 1. The van der Waals surface area contributed by atoms with Gasteiger partial charge in [0.05, 0.1) is 25.6 Å². The summed E-state index contributed by atoms with van der Waals surface area (Å²) in [6, 6.07) is -5.61. The highest BCUT2D eigenvalue weighted by atomic mass is 33.1. The van der Waals surface area contributed by atoms with Gasteiger partial charge in [-0.1, -0.05) is 33.7 Å². The molecule has 2 aliphatic heterocycles. The maximum atomic E-state index is 14.2. The minimum Gasteiger partial charge on any atom is -0.508 e. The highest BCUT2D eigenvalue weighted by Gasteiger charge is 2.40. The number of aromatic hydroxyl groups is 1. The zero-order valence-electron chi connectivity index (χ0n) is 38.3. The molecule has 3 rings (SSSR count). The smallest absolute Gasteiger partial charge is 0.305 e. The first kappa shape index (κ1) is 57.9. The molecule has 2 fully saturated rings. The number of aliphatic carboxylic acids is 1. The number of hydrogen-bond acceptors (Lipinski definition) is 17. The largest absolute Gasteiger partial charge is 0.508 e. The van der Waals surface area contributed by atoms with Crippen LogP contribution in [0.1, 0.15) is 56.9 Å². The van der Waals surface area contributed by atoms with E-state index in [2.05, 4.69) is 42.2 Å². The standard InChI is InChI=1S/C41H64N14O13S2/c42-12-2-1-5-25(36(64)51-26(33(44)61)15-21-8-10-22(57)11-9-21)50-38(66)29-20-70-69-19-23(43)34(62)48-17-31(58)49-24(6-3-13-47-41(45)46)35(63)52-27(16-32(59)60)37(65)53-28(18-56)40(68)55-14-4-7-30(55)39(67)54-29/h8-11,23-30,56-57H,1-7,12-20,42-43H2,(H2,44,61)(H,48,62)(H,49,58)(H,50,66)(H,51,64)(H,52,63)(H,53,65)(H,54,67)(H,59,60)(H4,45,46,47)/t23-,24+,25+,26+,27+,28+,29+,30+/m1/s1. The van der Waals surface area contributed by atoms with Gasteiger partial charge in [0.2, 0.25) is 53.2 Å². The first-order chi connectivity index (χ1) is 33.2. The van der Waals surface area contributed by atoms with E-state index in [1.807, 2.05) is 0 Å². The number of amides is 9. The second-order valence-electron chi connectivity index (χ2n) is 16.3. The van der Waals surface area contributed by atoms with Crippen LogP contribution in [0.2, 0.25) is 0 Å². The Labute approximate surface area is 410 Å². The number of guanidine groups is 1. The lowest BCUT2D eigenvalue weighted by Gasteiger charge is -2.30. The predicted octanol–water partition coefficient (Wildman–Crippen LogP) is -6.19. The van der Waals surface area contributed by atoms with Crippen molar-refractivity contribution in [3.8, 4) is 5.75 Å². The van der Waals surface area contributed by atoms with Crippen molar-refractivity contribution in [1.82, 2.24) is 42.1 Å². The van der Waals surface area contributed by atoms with E-state index in [9.17, 15) is 63.3 Å². The molecule has 29 heteroatoms. The van der Waals surface area contributed by atoms with Crippen molar-refractivity contribution in [3.05, 3.63) is 29.8 Å². The lowest BCUT2D eigenvalue weighted by atomic mass is 10.0. The first-order valence-electron chi connectivity index (χ1n) is 22.3. The number of unbranched alkanes of at least 4 members (excludes halogenated alkanes) is 1. The summed E-state index contributed by atoms with van der Waals surface area (Å²) in [5.41, 5.74) is 28.7. The molecule has 0 radical (unpaired) electrons. The number of aliphatic hydroxyl groups is 1. The molecule has 8 atom stereocenters. The Morgan fingerprint density at radius 3 is 2.14 bits per heavy atom. The number of hydrogen-bond donors (Lipinski definition) is 15. The van der Waals surface area contributed by atoms with E-state index in [1.54, 1.807) is 0 Å². The van der Waals surface area contributed by atoms with E-state index in [1.165, 1.54) is 24.3 Å². The van der Waals surface area contributed by atoms with E-state index < -0.39 is 127 Å². The van der Waals surface area contributed by atoms with Crippen molar-refractivity contribution in [1.29, 1.82) is 0 Å². The number of phenolic OH excluding ortho intramolecular Hbond substituents is 1. The molecule has 0 aromatic heterocycles. The van der Waals surface area contributed by atoms with Crippen LogP contribution in [-0.4, -0.2) is 178 Å². The van der Waals surface area contributed by atoms with Crippen molar-refractivity contribution < 1.29 is 63.3 Å². The first-order valence-corrected chi connectivity index (χ1v) is 24.8. The molecule has 70 heavy (non-hydrogen) atoms. The molecule has 2 saturated heterocycles. The molecule has 0 bridgehead atoms. The number of carboxylic acids is 1. The third-order valence-corrected chi connectivity index (χ3v) is 13.3. The number of nitrogens with one attached hydrogen (secondary N) is 7. The topological polar surface area (TPSA) is 461 Å². The molecule has 0 aliphatic carbocycles. The average molecular weight is 1030 g/mol. The van der Waals surface area contributed by atoms with Crippen molar-refractivity contribution in [2.24, 2.45) is 33.7 Å². The average Bonchev–Trinajstić information content (AvgIpc) is 3.81. The van der Waals surface area contributed by atoms with Gasteiger partial charge < -0.3 is 86.1 Å². The number of benzene rings is 1. The monoisotopic (exact) mass is 1020 g/mol. The maximum Gasteiger partial charge on any atom is 0.305 e. The van der Waals surface area contributed by atoms with Gasteiger partial charge in [-0.25, -0.2) is 0 Å². The third kappa shape index (κ3) is 19.5. The SMILES string of the molecule is NCCCC[C@H](NC(=O)[C@@H]1CSSC[C@@H](N)C(=O)NCC(=O)N[C@@H](CCCN=C(N)N)C(=O)N[C@@H](CC(=O)O)C(=O)N[C@@H](CO)C(=O)N2CCC[C@H]2C(=O)N1)C(=O)N[C@@H](Cc1ccc(O)cc1)C(N)=O. The Bertz CT molecular complexity index is 2050. The van der Waals surface area contributed by atoms with E-state index in [0.717, 1.165) is 26.5 Å². The van der Waals surface area contributed by atoms with Gasteiger partial charge in [0, 0.05) is 31.0 Å². The van der Waals surface area contributed by atoms with Gasteiger partial charge >= 0.3 is 5.97 Å². The van der Waals surface area contributed by atoms with Crippen LogP contribution < -0.4 is 65.9 Å². The maximum absolute atomic E-state index is 14.2. The molecule has 1 aromatic carbocycles. The van der Waals surface area contributed by atoms with Crippen LogP contribution in [-0.2, 0) is 54.4 Å². The van der Waals surface area contributed by atoms with Gasteiger partial charge in [-0.3, -0.25) is 52.9 Å². The quantitative estimate of drug-likeness (QED) is 0.0282. The molecular formula is C41H64N14O13S2. The summed E-state index contributed by atoms with van der Waals surface area (Å²) in [6.45, 7) is -1.48. The normalized spacial score (nSPS) is 23.2. The fourth-order valence-corrected chi connectivity index (χ4v) is 9.38. The molecule has 0 unspecified atom stereocenters. The lowest BCUT2D eigenvalue weighted by molar-refractivity contribution is -0.144. The van der Waals surface area contributed by atoms with Crippen LogP contribution in [0.15, 0.2) is 29.3 Å². The van der Waals surface area contributed by atoms with Gasteiger partial charge in [0.15, 0.2) is 5.96 Å². The third-order valence-electron chi connectivity index (χ3n) is 10.8. The lowest BCUT2D eigenvalue weighted by Crippen LogP contribution is -2.61. The zero-order chi connectivity index (χ0) is 51.9. The summed E-state index contributed by atoms with van der Waals surface area (Å²) in [5, 5.41) is 46.7. The number of aliphatic hydroxyl groups excluding tert-OH is 1. The number of carbonyl (C=O) groups excluding carboxylic acids is 9. The van der Waals surface area contributed by atoms with Crippen LogP contribution >= 0.6 is 21.6 Å². The fraction of sp³-hybridized carbons (Fsp3) is 0.585. The highest BCUT2D eigenvalue weighted by molar-refractivity contribution is 8.76. The molecule has 1 aromatic rings. The van der Waals surface area contributed by atoms with Crippen LogP contribution in [0.5, 0.6) is 5.75 Å². The Morgan fingerprint density at radius 1 is 0.829 bits per heavy atom. The van der Waals surface area contributed by atoms with Crippen LogP contribution in [0.25, 0.3) is 0 Å². The molecule has 0 saturated carbocycles. The second kappa shape index (κ2) is 29.6. The molecule has 9 amide bonds. The summed E-state index contributed by atoms with van der Waals surface area (Å²) in [6.07, 6.45) is 0.0907. The van der Waals surface area contributed by atoms with Gasteiger partial charge in [-0.2, -0.15) is 0 Å². The number of carboxylic acid groups (broad SMARTS) is 1. The second-order valence-corrected chi connectivity index (χ2v) is 18.8. The molecule has 20 N–H and O–H groups in total. The Balaban J connectivity index is 1.95. The molecule has 0 spiro atoms. The van der Waals surface area contributed by atoms with Crippen molar-refractivity contribution in [3.63, 3.8) is 0 Å². The van der Waals surface area contributed by atoms with E-state index in [4.69, 9.17) is 28.7 Å². The fourth-order valence-electron chi connectivity index (χ4n) is 7.09. The summed E-state index contributed by atoms with van der Waals surface area (Å²) in [5.74, 6) is -10.3. The predicted molar refractivity (Wildman–Crippen MR) is 255 cm³/mol. The summed E-state index contributed by atoms with van der Waals surface area (Å²) in [4.78, 5) is 138. The van der Waals surface area contributed by atoms with Crippen LogP contribution in [0.3, 0.4) is 0 Å². The number of primary amides is 1. The zero-order valence-corrected chi connectivity index (χ0v) is 39.9. The summed E-state index contributed by atoms with van der Waals surface area (Å²) in [7, 11) is 2.03. The number of nitrogens with zero attached hydrogens (tertiary/aromatic N) is 2. The summed E-state index contributed by atoms with van der Waals surface area (Å²) >= 11 is 0. The van der Waals surface area contributed by atoms with Crippen LogP contribution in [0, 0.1) is 0 Å². The Kier molecular flexibility index (Phi) is 24.4. The van der Waals surface area contributed by atoms with Gasteiger partial charge in [-0.05, 0) is 69.2 Å². The van der Waals surface area contributed by atoms with E-state index in [-0.39, 0.29) is 81.4 Å². The highest BCUT2D eigenvalue weighted by Crippen LogP contribution is 2.24. The van der Waals surface area contributed by atoms with Gasteiger partial charge in [0.1, 0.15) is 48.0 Å². The number of nitrogens with two attached hydrogens (primary N) is 5. The molecule has 27 nitrogen and oxygen atoms in total. The van der Waals surface area contributed by atoms with E-state index >= 15 is 0 Å². The number of carbonyl (C=O) groups is 10. The summed E-state index contributed by atoms with van der Waals surface area (Å²) < 4.78 is 0. The number of rotatable bonds is 18. The molecule has 2 aliphatic rings. The Morgan fingerprint density at radius 2 is 1.50 bits per heavy atom. The minimum absolute atomic E-state index is 0.0130. The van der Waals surface area contributed by atoms with Gasteiger partial charge in [0.25, 0.3) is 0 Å². The van der Waals surface area contributed by atoms with Gasteiger partial charge in [-0.15, -0.1) is 0 Å². The van der Waals surface area contributed by atoms with E-state index in [0.29, 0.717) is 18.4 Å². The van der Waals surface area contributed by atoms with Crippen molar-refractivity contribution in [2.45, 2.75) is 106 Å². The van der Waals surface area contributed by atoms with Crippen molar-refractivity contribution in [2.75, 3.05) is 44.3 Å². The Hall–Kier alpha value is -6.43. The minimum atomic E-state index is -1.86. The number of fused-ring (bicyclic) bond motifs is 1. The van der Waals surface area contributed by atoms with Crippen LogP contribution in [0.4, 0.5) is 0 Å². The molecule has 388 valence electrons. The van der Waals surface area contributed by atoms with Crippen molar-refractivity contribution >= 4 is 86.7 Å². The molecular weight excluding hydrogens is 961 g/mol. The molecule has 2 heterocycles.